The summed E-state index contributed by atoms with van der Waals surface area (Å²) >= 11 is 4.97. The predicted octanol–water partition coefficient (Wildman–Crippen LogP) is 0.524. The highest BCUT2D eigenvalue weighted by atomic mass is 32.1. The van der Waals surface area contributed by atoms with Crippen molar-refractivity contribution in [1.82, 2.24) is 15.3 Å². The van der Waals surface area contributed by atoms with E-state index in [-0.39, 0.29) is 16.9 Å². The third kappa shape index (κ3) is 3.63. The number of carbonyl (C=O) groups is 1. The van der Waals surface area contributed by atoms with Gasteiger partial charge in [-0.3, -0.25) is 4.79 Å². The third-order valence-corrected chi connectivity index (χ3v) is 3.49. The van der Waals surface area contributed by atoms with Crippen molar-refractivity contribution < 1.29 is 4.79 Å². The van der Waals surface area contributed by atoms with Gasteiger partial charge in [0, 0.05) is 31.7 Å². The lowest BCUT2D eigenvalue weighted by Crippen LogP contribution is -2.44. The summed E-state index contributed by atoms with van der Waals surface area (Å²) in [7, 11) is 0. The van der Waals surface area contributed by atoms with Crippen LogP contribution in [-0.2, 0) is 4.79 Å². The smallest absolute Gasteiger partial charge is 0.226 e. The fraction of sp³-hybridized carbons (Fsp3) is 0.538. The van der Waals surface area contributed by atoms with E-state index in [1.807, 2.05) is 6.92 Å². The van der Waals surface area contributed by atoms with Gasteiger partial charge in [-0.2, -0.15) is 0 Å². The van der Waals surface area contributed by atoms with Gasteiger partial charge < -0.3 is 16.0 Å². The Morgan fingerprint density at radius 3 is 2.65 bits per heavy atom. The molecule has 20 heavy (non-hydrogen) atoms. The van der Waals surface area contributed by atoms with E-state index in [1.54, 1.807) is 13.0 Å². The summed E-state index contributed by atoms with van der Waals surface area (Å²) in [5.41, 5.74) is 7.09. The average Bonchev–Trinajstić information content (AvgIpc) is 2.38. The molecule has 6 nitrogen and oxygen atoms in total. The first-order valence-electron chi connectivity index (χ1n) is 6.63. The summed E-state index contributed by atoms with van der Waals surface area (Å²) in [5, 5.41) is 2.95. The monoisotopic (exact) mass is 293 g/mol. The van der Waals surface area contributed by atoms with Gasteiger partial charge in [-0.25, -0.2) is 9.97 Å². The Morgan fingerprint density at radius 1 is 1.45 bits per heavy atom. The number of nitrogens with one attached hydrogen (secondary N) is 1. The molecule has 1 fully saturated rings. The SMILES string of the molecule is CC(=O)NC1CCN(c2nc(C)cc(C(N)=S)n2)CC1. The Morgan fingerprint density at radius 2 is 2.10 bits per heavy atom. The number of thiocarbonyl (C=S) groups is 1. The summed E-state index contributed by atoms with van der Waals surface area (Å²) in [6, 6.07) is 2.03. The van der Waals surface area contributed by atoms with Gasteiger partial charge in [0.1, 0.15) is 10.7 Å². The van der Waals surface area contributed by atoms with Crippen LogP contribution in [0.5, 0.6) is 0 Å². The molecule has 0 aliphatic carbocycles. The standard InChI is InChI=1S/C13H19N5OS/c1-8-7-11(12(14)20)17-13(15-8)18-5-3-10(4-6-18)16-9(2)19/h7,10H,3-6H2,1-2H3,(H2,14,20)(H,16,19). The van der Waals surface area contributed by atoms with E-state index >= 15 is 0 Å². The summed E-state index contributed by atoms with van der Waals surface area (Å²) < 4.78 is 0. The Balaban J connectivity index is 2.07. The van der Waals surface area contributed by atoms with Crippen LogP contribution in [0.2, 0.25) is 0 Å². The molecule has 0 radical (unpaired) electrons. The number of carbonyl (C=O) groups excluding carboxylic acids is 1. The predicted molar refractivity (Wildman–Crippen MR) is 81.7 cm³/mol. The van der Waals surface area contributed by atoms with Crippen LogP contribution in [-0.4, -0.2) is 40.0 Å². The van der Waals surface area contributed by atoms with E-state index in [4.69, 9.17) is 18.0 Å². The van der Waals surface area contributed by atoms with Crippen LogP contribution in [0.15, 0.2) is 6.07 Å². The first-order valence-corrected chi connectivity index (χ1v) is 7.04. The molecular formula is C13H19N5OS. The average molecular weight is 293 g/mol. The van der Waals surface area contributed by atoms with Crippen LogP contribution < -0.4 is 16.0 Å². The van der Waals surface area contributed by atoms with Gasteiger partial charge in [0.05, 0.1) is 0 Å². The van der Waals surface area contributed by atoms with E-state index in [9.17, 15) is 4.79 Å². The maximum Gasteiger partial charge on any atom is 0.226 e. The first kappa shape index (κ1) is 14.6. The van der Waals surface area contributed by atoms with E-state index in [1.165, 1.54) is 0 Å². The third-order valence-electron chi connectivity index (χ3n) is 3.28. The van der Waals surface area contributed by atoms with Crippen LogP contribution in [0, 0.1) is 6.92 Å². The second-order valence-electron chi connectivity index (χ2n) is 5.02. The number of nitrogens with two attached hydrogens (primary N) is 1. The van der Waals surface area contributed by atoms with Crippen LogP contribution in [0.1, 0.15) is 31.2 Å². The number of aromatic nitrogens is 2. The molecule has 2 rings (SSSR count). The van der Waals surface area contributed by atoms with Crippen LogP contribution in [0.4, 0.5) is 5.95 Å². The van der Waals surface area contributed by atoms with Crippen molar-refractivity contribution >= 4 is 29.1 Å². The normalized spacial score (nSPS) is 16.0. The minimum atomic E-state index is 0.0195. The van der Waals surface area contributed by atoms with Crippen molar-refractivity contribution in [3.8, 4) is 0 Å². The summed E-state index contributed by atoms with van der Waals surface area (Å²) in [5.74, 6) is 0.681. The number of piperidine rings is 1. The Hall–Kier alpha value is -1.76. The molecule has 108 valence electrons. The molecule has 0 aromatic carbocycles. The molecule has 3 N–H and O–H groups in total. The molecule has 7 heteroatoms. The molecule has 0 spiro atoms. The van der Waals surface area contributed by atoms with Crippen molar-refractivity contribution in [2.24, 2.45) is 5.73 Å². The van der Waals surface area contributed by atoms with Crippen molar-refractivity contribution in [2.45, 2.75) is 32.7 Å². The van der Waals surface area contributed by atoms with Crippen molar-refractivity contribution in [3.05, 3.63) is 17.5 Å². The zero-order valence-corrected chi connectivity index (χ0v) is 12.5. The van der Waals surface area contributed by atoms with E-state index in [0.29, 0.717) is 11.6 Å². The van der Waals surface area contributed by atoms with Gasteiger partial charge in [0.25, 0.3) is 0 Å². The topological polar surface area (TPSA) is 84.1 Å². The molecule has 1 aromatic heterocycles. The van der Waals surface area contributed by atoms with E-state index < -0.39 is 0 Å². The van der Waals surface area contributed by atoms with Gasteiger partial charge >= 0.3 is 0 Å². The number of rotatable bonds is 3. The fourth-order valence-electron chi connectivity index (χ4n) is 2.33. The highest BCUT2D eigenvalue weighted by Crippen LogP contribution is 2.17. The minimum absolute atomic E-state index is 0.0195. The minimum Gasteiger partial charge on any atom is -0.388 e. The lowest BCUT2D eigenvalue weighted by atomic mass is 10.1. The van der Waals surface area contributed by atoms with Crippen molar-refractivity contribution in [1.29, 1.82) is 0 Å². The Kier molecular flexibility index (Phi) is 4.49. The molecule has 0 bridgehead atoms. The van der Waals surface area contributed by atoms with Gasteiger partial charge in [0.2, 0.25) is 11.9 Å². The zero-order chi connectivity index (χ0) is 14.7. The number of aryl methyl sites for hydroxylation is 1. The molecule has 0 atom stereocenters. The molecular weight excluding hydrogens is 274 g/mol. The van der Waals surface area contributed by atoms with Gasteiger partial charge in [-0.15, -0.1) is 0 Å². The van der Waals surface area contributed by atoms with Crippen LogP contribution in [0.25, 0.3) is 0 Å². The maximum absolute atomic E-state index is 11.1. The van der Waals surface area contributed by atoms with Gasteiger partial charge in [-0.1, -0.05) is 12.2 Å². The Labute approximate surface area is 123 Å². The molecule has 0 unspecified atom stereocenters. The van der Waals surface area contributed by atoms with Crippen LogP contribution in [0.3, 0.4) is 0 Å². The summed E-state index contributed by atoms with van der Waals surface area (Å²) in [4.78, 5) is 22.3. The van der Waals surface area contributed by atoms with Crippen molar-refractivity contribution in [3.63, 3.8) is 0 Å². The lowest BCUT2D eigenvalue weighted by molar-refractivity contribution is -0.119. The molecule has 2 heterocycles. The fourth-order valence-corrected chi connectivity index (χ4v) is 2.44. The van der Waals surface area contributed by atoms with E-state index in [0.717, 1.165) is 31.6 Å². The molecule has 1 saturated heterocycles. The number of amides is 1. The van der Waals surface area contributed by atoms with Gasteiger partial charge in [0.15, 0.2) is 0 Å². The number of nitrogens with zero attached hydrogens (tertiary/aromatic N) is 3. The largest absolute Gasteiger partial charge is 0.388 e. The molecule has 0 saturated carbocycles. The maximum atomic E-state index is 11.1. The van der Waals surface area contributed by atoms with Gasteiger partial charge in [-0.05, 0) is 25.8 Å². The Bertz CT molecular complexity index is 525. The highest BCUT2D eigenvalue weighted by Gasteiger charge is 2.22. The molecule has 1 aromatic rings. The van der Waals surface area contributed by atoms with Crippen molar-refractivity contribution in [2.75, 3.05) is 18.0 Å². The second kappa shape index (κ2) is 6.13. The molecule has 1 aliphatic rings. The first-order chi connectivity index (χ1) is 9.45. The quantitative estimate of drug-likeness (QED) is 0.791. The summed E-state index contributed by atoms with van der Waals surface area (Å²) in [6.45, 7) is 5.07. The van der Waals surface area contributed by atoms with E-state index in [2.05, 4.69) is 20.2 Å². The molecule has 1 amide bonds. The zero-order valence-electron chi connectivity index (χ0n) is 11.7. The lowest BCUT2D eigenvalue weighted by Gasteiger charge is -2.32. The molecule has 1 aliphatic heterocycles. The highest BCUT2D eigenvalue weighted by molar-refractivity contribution is 7.80. The second-order valence-corrected chi connectivity index (χ2v) is 5.46. The summed E-state index contributed by atoms with van der Waals surface area (Å²) in [6.07, 6.45) is 1.78. The number of hydrogen-bond acceptors (Lipinski definition) is 5. The van der Waals surface area contributed by atoms with Crippen LogP contribution >= 0.6 is 12.2 Å². The number of hydrogen-bond donors (Lipinski definition) is 2. The number of anilines is 1.